The van der Waals surface area contributed by atoms with Crippen molar-refractivity contribution in [2.45, 2.75) is 0 Å². The fourth-order valence-corrected chi connectivity index (χ4v) is 0. The maximum atomic E-state index is 9.43. The molecule has 0 unspecified atom stereocenters. The zero-order valence-corrected chi connectivity index (χ0v) is 7.56. The molecule has 0 fully saturated rings. The number of nitrogens with zero attached hydrogens (tertiary/aromatic N) is 1. The van der Waals surface area contributed by atoms with Crippen molar-refractivity contribution in [1.29, 1.82) is 0 Å². The Morgan fingerprint density at radius 1 is 1.08 bits per heavy atom. The first-order chi connectivity index (χ1) is 4.91. The van der Waals surface area contributed by atoms with Crippen molar-refractivity contribution < 1.29 is 24.6 Å². The molecule has 0 aromatic carbocycles. The van der Waals surface area contributed by atoms with Crippen LogP contribution >= 0.6 is 0 Å². The number of amides is 1. The van der Waals surface area contributed by atoms with Crippen molar-refractivity contribution in [2.24, 2.45) is 0 Å². The Labute approximate surface area is 75.3 Å². The summed E-state index contributed by atoms with van der Waals surface area (Å²) in [7, 11) is 3.38. The second-order valence-corrected chi connectivity index (χ2v) is 1.68. The summed E-state index contributed by atoms with van der Waals surface area (Å²) >= 11 is 0. The van der Waals surface area contributed by atoms with Crippen molar-refractivity contribution >= 4 is 18.3 Å². The highest BCUT2D eigenvalue weighted by Gasteiger charge is 2.04. The molecule has 0 radical (unpaired) electrons. The molecular weight excluding hydrogens is 182 g/mol. The molecule has 0 aromatic rings. The predicted octanol–water partition coefficient (Wildman–Crippen LogP) is -0.816. The molecule has 80 valence electrons. The molecule has 0 aromatic heterocycles. The fraction of sp³-hybridized carbons (Fsp3) is 0.400. The van der Waals surface area contributed by atoms with E-state index < -0.39 is 11.9 Å². The van der Waals surface area contributed by atoms with Gasteiger partial charge in [0.05, 0.1) is 0 Å². The van der Waals surface area contributed by atoms with Crippen LogP contribution in [0.25, 0.3) is 0 Å². The van der Waals surface area contributed by atoms with E-state index in [1.807, 2.05) is 0 Å². The summed E-state index contributed by atoms with van der Waals surface area (Å²) in [5.41, 5.74) is 0. The van der Waals surface area contributed by atoms with Crippen LogP contribution in [0, 0.1) is 0 Å². The molecule has 13 heavy (non-hydrogen) atoms. The fourth-order valence-electron chi connectivity index (χ4n) is 0. The van der Waals surface area contributed by atoms with E-state index in [0.717, 1.165) is 6.41 Å². The van der Waals surface area contributed by atoms with E-state index in [2.05, 4.69) is 0 Å². The van der Waals surface area contributed by atoms with Gasteiger partial charge in [-0.25, -0.2) is 9.59 Å². The molecule has 0 aliphatic heterocycles. The van der Waals surface area contributed by atoms with Gasteiger partial charge in [0.15, 0.2) is 0 Å². The van der Waals surface area contributed by atoms with Crippen molar-refractivity contribution in [3.8, 4) is 0 Å². The summed E-state index contributed by atoms with van der Waals surface area (Å²) in [6, 6.07) is 0. The van der Waals surface area contributed by atoms with Crippen LogP contribution in [-0.2, 0) is 14.4 Å². The molecule has 0 atom stereocenters. The topological polar surface area (TPSA) is 165 Å². The van der Waals surface area contributed by atoms with Crippen LogP contribution in [0.4, 0.5) is 0 Å². The monoisotopic (exact) mass is 197 g/mol. The Bertz CT molecular complexity index is 146. The lowest BCUT2D eigenvalue weighted by atomic mass is 10.7. The highest BCUT2D eigenvalue weighted by molar-refractivity contribution is 6.27. The van der Waals surface area contributed by atoms with Gasteiger partial charge in [-0.15, -0.1) is 0 Å². The maximum Gasteiger partial charge on any atom is 0.414 e. The molecule has 0 rings (SSSR count). The van der Waals surface area contributed by atoms with Crippen LogP contribution in [0.1, 0.15) is 0 Å². The minimum atomic E-state index is -1.82. The Hall–Kier alpha value is -1.67. The zero-order chi connectivity index (χ0) is 9.44. The highest BCUT2D eigenvalue weighted by Crippen LogP contribution is 1.56. The Morgan fingerprint density at radius 2 is 1.23 bits per heavy atom. The van der Waals surface area contributed by atoms with Crippen LogP contribution in [-0.4, -0.2) is 47.6 Å². The summed E-state index contributed by atoms with van der Waals surface area (Å²) in [4.78, 5) is 29.1. The lowest BCUT2D eigenvalue weighted by molar-refractivity contribution is -0.159. The molecule has 0 saturated carbocycles. The van der Waals surface area contributed by atoms with Crippen molar-refractivity contribution in [2.75, 3.05) is 14.1 Å². The van der Waals surface area contributed by atoms with E-state index in [4.69, 9.17) is 19.8 Å². The summed E-state index contributed by atoms with van der Waals surface area (Å²) in [6.07, 6.45) is 0.750. The summed E-state index contributed by atoms with van der Waals surface area (Å²) in [6.45, 7) is 0. The molecule has 0 spiro atoms. The van der Waals surface area contributed by atoms with Gasteiger partial charge in [0.25, 0.3) is 0 Å². The van der Waals surface area contributed by atoms with E-state index in [1.165, 1.54) is 4.90 Å². The molecular formula is C5H15N3O5. The van der Waals surface area contributed by atoms with Gasteiger partial charge < -0.3 is 27.4 Å². The van der Waals surface area contributed by atoms with Crippen LogP contribution in [0.15, 0.2) is 0 Å². The maximum absolute atomic E-state index is 9.43. The minimum absolute atomic E-state index is 0. The molecule has 8 heteroatoms. The molecule has 8 N–H and O–H groups in total. The largest absolute Gasteiger partial charge is 0.473 e. The van der Waals surface area contributed by atoms with E-state index in [0.29, 0.717) is 0 Å². The second kappa shape index (κ2) is 13.0. The average Bonchev–Trinajstić information content (AvgIpc) is 1.89. The molecule has 0 saturated heterocycles. The lowest BCUT2D eigenvalue weighted by Crippen LogP contribution is -2.09. The van der Waals surface area contributed by atoms with Gasteiger partial charge in [0.2, 0.25) is 6.41 Å². The molecule has 0 bridgehead atoms. The molecule has 8 nitrogen and oxygen atoms in total. The van der Waals surface area contributed by atoms with Crippen LogP contribution in [0.2, 0.25) is 0 Å². The second-order valence-electron chi connectivity index (χ2n) is 1.68. The molecule has 0 heterocycles. The third-order valence-corrected chi connectivity index (χ3v) is 0.394. The first-order valence-electron chi connectivity index (χ1n) is 2.49. The van der Waals surface area contributed by atoms with Crippen molar-refractivity contribution in [3.05, 3.63) is 0 Å². The highest BCUT2D eigenvalue weighted by atomic mass is 16.4. The van der Waals surface area contributed by atoms with Gasteiger partial charge in [-0.2, -0.15) is 0 Å². The lowest BCUT2D eigenvalue weighted by Gasteiger charge is -1.93. The smallest absolute Gasteiger partial charge is 0.414 e. The Morgan fingerprint density at radius 3 is 1.23 bits per heavy atom. The van der Waals surface area contributed by atoms with Gasteiger partial charge >= 0.3 is 11.9 Å². The molecule has 0 aliphatic carbocycles. The van der Waals surface area contributed by atoms with Crippen molar-refractivity contribution in [1.82, 2.24) is 17.2 Å². The van der Waals surface area contributed by atoms with E-state index in [1.54, 1.807) is 14.1 Å². The third kappa shape index (κ3) is 38.2. The SMILES string of the molecule is CN(C)C=O.N.N.O=C(O)C(=O)O. The summed E-state index contributed by atoms with van der Waals surface area (Å²) < 4.78 is 0. The van der Waals surface area contributed by atoms with Crippen LogP contribution in [0.3, 0.4) is 0 Å². The summed E-state index contributed by atoms with van der Waals surface area (Å²) in [5.74, 6) is -3.65. The standard InChI is InChI=1S/C3H7NO.C2H2O4.2H3N/c1-4(2)3-5;3-1(4)2(5)6;;/h3H,1-2H3;(H,3,4)(H,5,6);2*1H3. The van der Waals surface area contributed by atoms with Gasteiger partial charge in [-0.05, 0) is 0 Å². The van der Waals surface area contributed by atoms with E-state index in [9.17, 15) is 4.79 Å². The Kier molecular flexibility index (Phi) is 22.4. The van der Waals surface area contributed by atoms with Crippen molar-refractivity contribution in [3.63, 3.8) is 0 Å². The predicted molar refractivity (Wildman–Crippen MR) is 45.1 cm³/mol. The minimum Gasteiger partial charge on any atom is -0.473 e. The number of carboxylic acids is 2. The summed E-state index contributed by atoms with van der Waals surface area (Å²) in [5, 5.41) is 14.8. The normalized spacial score (nSPS) is 6.00. The zero-order valence-electron chi connectivity index (χ0n) is 7.56. The van der Waals surface area contributed by atoms with Crippen LogP contribution < -0.4 is 12.3 Å². The number of carbonyl (C=O) groups is 3. The van der Waals surface area contributed by atoms with Gasteiger partial charge in [-0.1, -0.05) is 0 Å². The molecule has 1 amide bonds. The average molecular weight is 197 g/mol. The van der Waals surface area contributed by atoms with E-state index in [-0.39, 0.29) is 12.3 Å². The first-order valence-corrected chi connectivity index (χ1v) is 2.49. The molecule has 0 aliphatic rings. The van der Waals surface area contributed by atoms with Gasteiger partial charge in [-0.3, -0.25) is 4.79 Å². The van der Waals surface area contributed by atoms with Gasteiger partial charge in [0, 0.05) is 14.1 Å². The van der Waals surface area contributed by atoms with Crippen LogP contribution in [0.5, 0.6) is 0 Å². The first kappa shape index (κ1) is 22.5. The van der Waals surface area contributed by atoms with Gasteiger partial charge in [0.1, 0.15) is 0 Å². The van der Waals surface area contributed by atoms with E-state index >= 15 is 0 Å². The third-order valence-electron chi connectivity index (χ3n) is 0.394. The number of hydrogen-bond acceptors (Lipinski definition) is 5. The number of carbonyl (C=O) groups excluding carboxylic acids is 1. The number of hydrogen-bond donors (Lipinski definition) is 4. The quantitative estimate of drug-likeness (QED) is 0.315. The number of carboxylic acid groups (broad SMARTS) is 2. The number of aliphatic carboxylic acids is 2. The number of rotatable bonds is 1. The Balaban J connectivity index is -0.0000000546.